The molecule has 4 saturated heterocycles. The molecule has 0 radical (unpaired) electrons. The second-order valence-corrected chi connectivity index (χ2v) is 8.98. The normalized spacial score (nSPS) is 53.5. The Hall–Kier alpha value is 0.280. The maximum Gasteiger partial charge on any atom is 0.201 e. The van der Waals surface area contributed by atoms with Gasteiger partial charge in [-0.3, -0.25) is 0 Å². The molecule has 138 valence electrons. The fourth-order valence-electron chi connectivity index (χ4n) is 5.22. The van der Waals surface area contributed by atoms with E-state index in [9.17, 15) is 0 Å². The molecule has 1 spiro atoms. The second kappa shape index (κ2) is 6.17. The second-order valence-electron chi connectivity index (χ2n) is 8.19. The Morgan fingerprint density at radius 3 is 2.75 bits per heavy atom. The molecule has 24 heavy (non-hydrogen) atoms. The average Bonchev–Trinajstić information content (AvgIpc) is 2.78. The van der Waals surface area contributed by atoms with Gasteiger partial charge >= 0.3 is 0 Å². The van der Waals surface area contributed by atoms with Crippen LogP contribution < -0.4 is 0 Å². The highest BCUT2D eigenvalue weighted by Gasteiger charge is 2.70. The number of ether oxygens (including phenoxy) is 3. The van der Waals surface area contributed by atoms with Crippen LogP contribution in [0.5, 0.6) is 0 Å². The van der Waals surface area contributed by atoms with Crippen molar-refractivity contribution in [3.05, 3.63) is 0 Å². The van der Waals surface area contributed by atoms with E-state index in [4.69, 9.17) is 24.0 Å². The molecule has 4 heterocycles. The van der Waals surface area contributed by atoms with E-state index >= 15 is 0 Å². The lowest BCUT2D eigenvalue weighted by Gasteiger charge is -2.61. The van der Waals surface area contributed by atoms with Gasteiger partial charge in [0, 0.05) is 23.6 Å². The molecule has 0 amide bonds. The molecule has 4 aliphatic heterocycles. The number of alkyl halides is 1. The Balaban J connectivity index is 1.67. The zero-order chi connectivity index (χ0) is 17.0. The molecule has 6 heteroatoms. The van der Waals surface area contributed by atoms with E-state index in [0.717, 1.165) is 37.4 Å². The van der Waals surface area contributed by atoms with Gasteiger partial charge in [0.1, 0.15) is 0 Å². The fourth-order valence-corrected chi connectivity index (χ4v) is 5.45. The SMILES string of the molecule is C[C@@H]1[C@@H]2CCCC3CCC4(C)OOC32[C@@H](O4)O[C@]1(C)OCCCBr. The van der Waals surface area contributed by atoms with Crippen LogP contribution >= 0.6 is 15.9 Å². The summed E-state index contributed by atoms with van der Waals surface area (Å²) in [7, 11) is 0. The smallest absolute Gasteiger partial charge is 0.201 e. The molecule has 5 rings (SSSR count). The van der Waals surface area contributed by atoms with E-state index in [1.807, 2.05) is 6.92 Å². The van der Waals surface area contributed by atoms with E-state index in [-0.39, 0.29) is 5.92 Å². The molecular weight excluding hydrogens is 376 g/mol. The topological polar surface area (TPSA) is 46.2 Å². The van der Waals surface area contributed by atoms with E-state index < -0.39 is 23.5 Å². The van der Waals surface area contributed by atoms with Gasteiger partial charge in [0.25, 0.3) is 0 Å². The maximum atomic E-state index is 6.48. The van der Waals surface area contributed by atoms with Crippen LogP contribution in [0.15, 0.2) is 0 Å². The third kappa shape index (κ3) is 2.52. The van der Waals surface area contributed by atoms with Gasteiger partial charge in [-0.25, -0.2) is 9.78 Å². The van der Waals surface area contributed by atoms with E-state index in [2.05, 4.69) is 29.8 Å². The number of fused-ring (bicyclic) bond motifs is 2. The molecule has 1 aliphatic carbocycles. The highest BCUT2D eigenvalue weighted by atomic mass is 79.9. The molecule has 0 aromatic carbocycles. The quantitative estimate of drug-likeness (QED) is 0.400. The third-order valence-electron chi connectivity index (χ3n) is 6.76. The largest absolute Gasteiger partial charge is 0.350 e. The molecule has 0 N–H and O–H groups in total. The minimum atomic E-state index is -0.713. The van der Waals surface area contributed by atoms with Crippen molar-refractivity contribution in [1.29, 1.82) is 0 Å². The van der Waals surface area contributed by atoms with Gasteiger partial charge in [-0.2, -0.15) is 0 Å². The van der Waals surface area contributed by atoms with Crippen LogP contribution in [0.2, 0.25) is 0 Å². The van der Waals surface area contributed by atoms with Crippen LogP contribution in [0.4, 0.5) is 0 Å². The Bertz CT molecular complexity index is 490. The summed E-state index contributed by atoms with van der Waals surface area (Å²) in [6.45, 7) is 6.93. The van der Waals surface area contributed by atoms with Crippen LogP contribution in [-0.4, -0.2) is 35.4 Å². The lowest BCUT2D eigenvalue weighted by atomic mass is 9.60. The van der Waals surface area contributed by atoms with Gasteiger partial charge in [-0.1, -0.05) is 29.3 Å². The number of halogens is 1. The Labute approximate surface area is 152 Å². The summed E-state index contributed by atoms with van der Waals surface area (Å²) in [6.07, 6.45) is 5.96. The van der Waals surface area contributed by atoms with Gasteiger partial charge in [0.15, 0.2) is 17.7 Å². The van der Waals surface area contributed by atoms with E-state index in [1.54, 1.807) is 0 Å². The van der Waals surface area contributed by atoms with Gasteiger partial charge in [0.05, 0.1) is 6.61 Å². The van der Waals surface area contributed by atoms with Crippen LogP contribution in [0.1, 0.15) is 59.3 Å². The van der Waals surface area contributed by atoms with Crippen LogP contribution in [0.3, 0.4) is 0 Å². The Morgan fingerprint density at radius 2 is 1.96 bits per heavy atom. The van der Waals surface area contributed by atoms with E-state index in [0.29, 0.717) is 18.4 Å². The van der Waals surface area contributed by atoms with Crippen LogP contribution in [0.25, 0.3) is 0 Å². The fraction of sp³-hybridized carbons (Fsp3) is 1.00. The lowest BCUT2D eigenvalue weighted by Crippen LogP contribution is -2.72. The molecule has 3 unspecified atom stereocenters. The summed E-state index contributed by atoms with van der Waals surface area (Å²) >= 11 is 3.47. The zero-order valence-corrected chi connectivity index (χ0v) is 16.5. The average molecular weight is 405 g/mol. The molecule has 5 fully saturated rings. The van der Waals surface area contributed by atoms with E-state index in [1.165, 1.54) is 6.42 Å². The summed E-state index contributed by atoms with van der Waals surface area (Å²) in [5.41, 5.74) is -0.480. The first-order valence-corrected chi connectivity index (χ1v) is 10.5. The monoisotopic (exact) mass is 404 g/mol. The van der Waals surface area contributed by atoms with Crippen molar-refractivity contribution in [3.8, 4) is 0 Å². The Morgan fingerprint density at radius 1 is 1.12 bits per heavy atom. The van der Waals surface area contributed by atoms with Crippen LogP contribution in [0, 0.1) is 17.8 Å². The summed E-state index contributed by atoms with van der Waals surface area (Å²) in [5.74, 6) is -0.377. The Kier molecular flexibility index (Phi) is 4.55. The summed E-state index contributed by atoms with van der Waals surface area (Å²) in [6, 6.07) is 0. The van der Waals surface area contributed by atoms with Crippen molar-refractivity contribution < 1.29 is 24.0 Å². The number of rotatable bonds is 4. The first kappa shape index (κ1) is 17.7. The van der Waals surface area contributed by atoms with Crippen molar-refractivity contribution >= 4 is 15.9 Å². The van der Waals surface area contributed by atoms with Gasteiger partial charge in [-0.15, -0.1) is 0 Å². The predicted molar refractivity (Wildman–Crippen MR) is 91.3 cm³/mol. The van der Waals surface area contributed by atoms with Crippen molar-refractivity contribution in [2.45, 2.75) is 82.8 Å². The first-order valence-electron chi connectivity index (χ1n) is 9.36. The summed E-state index contributed by atoms with van der Waals surface area (Å²) < 4.78 is 19.0. The molecule has 7 atom stereocenters. The molecule has 0 aromatic heterocycles. The molecule has 0 aromatic rings. The van der Waals surface area contributed by atoms with Crippen molar-refractivity contribution in [2.24, 2.45) is 17.8 Å². The van der Waals surface area contributed by atoms with Gasteiger partial charge in [0.2, 0.25) is 5.79 Å². The molecular formula is C18H29BrO5. The summed E-state index contributed by atoms with van der Waals surface area (Å²) in [4.78, 5) is 11.9. The standard InChI is InChI=1S/C18H29BrO5/c1-12-14-7-4-6-13-8-9-16(2)21-15(18(13,14)24-23-16)22-17(12,3)20-11-5-10-19/h12-15H,4-11H2,1-3H3/t12-,13?,14+,15+,16?,17+,18?/m1/s1. The van der Waals surface area contributed by atoms with Gasteiger partial charge < -0.3 is 14.2 Å². The highest BCUT2D eigenvalue weighted by molar-refractivity contribution is 9.09. The molecule has 5 aliphatic rings. The van der Waals surface area contributed by atoms with Crippen molar-refractivity contribution in [3.63, 3.8) is 0 Å². The number of hydrogen-bond acceptors (Lipinski definition) is 5. The molecule has 5 nitrogen and oxygen atoms in total. The van der Waals surface area contributed by atoms with Gasteiger partial charge in [-0.05, 0) is 45.4 Å². The summed E-state index contributed by atoms with van der Waals surface area (Å²) in [5, 5.41) is 0.932. The number of hydrogen-bond donors (Lipinski definition) is 0. The van der Waals surface area contributed by atoms with Crippen molar-refractivity contribution in [1.82, 2.24) is 0 Å². The minimum Gasteiger partial charge on any atom is -0.350 e. The highest BCUT2D eigenvalue weighted by Crippen LogP contribution is 2.61. The molecule has 1 saturated carbocycles. The zero-order valence-electron chi connectivity index (χ0n) is 14.9. The maximum absolute atomic E-state index is 6.48. The minimum absolute atomic E-state index is 0.224. The first-order chi connectivity index (χ1) is 11.4. The third-order valence-corrected chi connectivity index (χ3v) is 7.32. The molecule has 2 bridgehead atoms. The predicted octanol–water partition coefficient (Wildman–Crippen LogP) is 4.14. The lowest BCUT2D eigenvalue weighted by molar-refractivity contribution is -0.584. The van der Waals surface area contributed by atoms with Crippen molar-refractivity contribution in [2.75, 3.05) is 11.9 Å². The van der Waals surface area contributed by atoms with Crippen LogP contribution in [-0.2, 0) is 24.0 Å².